The largest absolute Gasteiger partial charge is 0.496 e. The zero-order valence-corrected chi connectivity index (χ0v) is 18.9. The van der Waals surface area contributed by atoms with E-state index in [1.54, 1.807) is 39.4 Å². The molecule has 3 heterocycles. The molecule has 0 saturated carbocycles. The molecule has 34 heavy (non-hydrogen) atoms. The molecule has 1 unspecified atom stereocenters. The van der Waals surface area contributed by atoms with Crippen LogP contribution in [0.2, 0.25) is 0 Å². The van der Waals surface area contributed by atoms with Crippen molar-refractivity contribution in [2.24, 2.45) is 0 Å². The molecule has 1 saturated heterocycles. The number of hydrogen-bond donors (Lipinski definition) is 3. The van der Waals surface area contributed by atoms with Crippen molar-refractivity contribution in [1.82, 2.24) is 25.3 Å². The number of nitrogens with one attached hydrogen (secondary N) is 3. The number of piperazine rings is 1. The normalized spacial score (nSPS) is 15.4. The van der Waals surface area contributed by atoms with Gasteiger partial charge in [0.1, 0.15) is 5.75 Å². The van der Waals surface area contributed by atoms with Crippen LogP contribution >= 0.6 is 0 Å². The fourth-order valence-electron chi connectivity index (χ4n) is 3.45. The highest BCUT2D eigenvalue weighted by Crippen LogP contribution is 2.33. The third-order valence-electron chi connectivity index (χ3n) is 4.98. The SMILES string of the molecule is CCOC(=O)C1C(=O)NCCN1c1nc(NC)nc(Nc2ccc(-c3cnco3)c(OC)c2)n1. The minimum absolute atomic E-state index is 0.147. The number of methoxy groups -OCH3 is 1. The molecule has 0 spiro atoms. The molecule has 178 valence electrons. The number of amides is 1. The van der Waals surface area contributed by atoms with E-state index >= 15 is 0 Å². The van der Waals surface area contributed by atoms with E-state index in [1.165, 1.54) is 11.3 Å². The Kier molecular flexibility index (Phi) is 6.71. The van der Waals surface area contributed by atoms with Crippen LogP contribution in [0.15, 0.2) is 35.2 Å². The van der Waals surface area contributed by atoms with Crippen LogP contribution in [0.4, 0.5) is 23.5 Å². The van der Waals surface area contributed by atoms with Gasteiger partial charge in [0.15, 0.2) is 12.2 Å². The van der Waals surface area contributed by atoms with Crippen LogP contribution in [0.5, 0.6) is 5.75 Å². The number of hydrogen-bond acceptors (Lipinski definition) is 12. The Hall–Kier alpha value is -4.42. The Morgan fingerprint density at radius 3 is 2.82 bits per heavy atom. The summed E-state index contributed by atoms with van der Waals surface area (Å²) in [5, 5.41) is 8.66. The Labute approximate surface area is 194 Å². The van der Waals surface area contributed by atoms with Crippen LogP contribution < -0.4 is 25.6 Å². The maximum Gasteiger partial charge on any atom is 0.338 e. The van der Waals surface area contributed by atoms with Gasteiger partial charge in [-0.05, 0) is 19.1 Å². The van der Waals surface area contributed by atoms with Crippen molar-refractivity contribution in [2.45, 2.75) is 13.0 Å². The molecular weight excluding hydrogens is 444 g/mol. The van der Waals surface area contributed by atoms with Gasteiger partial charge in [-0.3, -0.25) is 4.79 Å². The number of nitrogens with zero attached hydrogens (tertiary/aromatic N) is 5. The van der Waals surface area contributed by atoms with E-state index in [2.05, 4.69) is 35.9 Å². The van der Waals surface area contributed by atoms with Crippen molar-refractivity contribution in [2.75, 3.05) is 49.4 Å². The van der Waals surface area contributed by atoms with E-state index in [0.717, 1.165) is 5.56 Å². The molecule has 1 fully saturated rings. The average molecular weight is 468 g/mol. The van der Waals surface area contributed by atoms with Gasteiger partial charge >= 0.3 is 5.97 Å². The lowest BCUT2D eigenvalue weighted by Crippen LogP contribution is -2.59. The van der Waals surface area contributed by atoms with Crippen molar-refractivity contribution in [3.8, 4) is 17.1 Å². The number of ether oxygens (including phenoxy) is 2. The van der Waals surface area contributed by atoms with Gasteiger partial charge in [-0.15, -0.1) is 0 Å². The number of carbonyl (C=O) groups is 2. The second-order valence-electron chi connectivity index (χ2n) is 7.08. The molecule has 0 bridgehead atoms. The summed E-state index contributed by atoms with van der Waals surface area (Å²) < 4.78 is 15.9. The molecule has 1 aliphatic rings. The Balaban J connectivity index is 1.65. The van der Waals surface area contributed by atoms with Crippen molar-refractivity contribution in [3.63, 3.8) is 0 Å². The smallest absolute Gasteiger partial charge is 0.338 e. The molecule has 3 N–H and O–H groups in total. The fraction of sp³-hybridized carbons (Fsp3) is 0.333. The summed E-state index contributed by atoms with van der Waals surface area (Å²) in [6, 6.07) is 4.18. The molecule has 0 aliphatic carbocycles. The standard InChI is InChI=1S/C21H24N8O5/c1-4-33-18(31)16-17(30)24-7-8-29(16)21-27-19(22-2)26-20(28-21)25-12-5-6-13(14(9-12)32-3)15-10-23-11-34-15/h5-6,9-11,16H,4,7-8H2,1-3H3,(H,24,30)(H2,22,25,26,27,28). The molecule has 1 atom stereocenters. The van der Waals surface area contributed by atoms with E-state index in [0.29, 0.717) is 30.3 Å². The minimum Gasteiger partial charge on any atom is -0.496 e. The number of oxazole rings is 1. The monoisotopic (exact) mass is 468 g/mol. The van der Waals surface area contributed by atoms with Crippen LogP contribution in [-0.2, 0) is 14.3 Å². The first-order valence-corrected chi connectivity index (χ1v) is 10.5. The van der Waals surface area contributed by atoms with Gasteiger partial charge in [0, 0.05) is 31.9 Å². The molecule has 4 rings (SSSR count). The van der Waals surface area contributed by atoms with Gasteiger partial charge < -0.3 is 34.7 Å². The summed E-state index contributed by atoms with van der Waals surface area (Å²) in [4.78, 5) is 43.5. The lowest BCUT2D eigenvalue weighted by Gasteiger charge is -2.33. The van der Waals surface area contributed by atoms with Crippen molar-refractivity contribution < 1.29 is 23.5 Å². The van der Waals surface area contributed by atoms with Gasteiger partial charge in [0.2, 0.25) is 23.9 Å². The molecule has 3 aromatic rings. The number of carbonyl (C=O) groups excluding carboxylic acids is 2. The number of anilines is 4. The molecule has 0 radical (unpaired) electrons. The number of aromatic nitrogens is 4. The molecule has 2 aromatic heterocycles. The zero-order valence-electron chi connectivity index (χ0n) is 18.9. The van der Waals surface area contributed by atoms with Gasteiger partial charge in [-0.1, -0.05) is 0 Å². The molecule has 1 amide bonds. The van der Waals surface area contributed by atoms with Gasteiger partial charge in [0.05, 0.1) is 25.5 Å². The first-order valence-electron chi connectivity index (χ1n) is 10.5. The maximum atomic E-state index is 12.5. The third-order valence-corrected chi connectivity index (χ3v) is 4.98. The average Bonchev–Trinajstić information content (AvgIpc) is 3.38. The van der Waals surface area contributed by atoms with E-state index < -0.39 is 17.9 Å². The minimum atomic E-state index is -1.20. The number of benzene rings is 1. The Morgan fingerprint density at radius 1 is 1.29 bits per heavy atom. The van der Waals surface area contributed by atoms with E-state index in [1.807, 2.05) is 6.07 Å². The third kappa shape index (κ3) is 4.67. The quantitative estimate of drug-likeness (QED) is 0.321. The number of esters is 1. The topological polar surface area (TPSA) is 157 Å². The van der Waals surface area contributed by atoms with Crippen LogP contribution in [0.3, 0.4) is 0 Å². The van der Waals surface area contributed by atoms with Crippen LogP contribution in [0.1, 0.15) is 6.92 Å². The second-order valence-corrected chi connectivity index (χ2v) is 7.08. The summed E-state index contributed by atoms with van der Waals surface area (Å²) >= 11 is 0. The van der Waals surface area contributed by atoms with Crippen molar-refractivity contribution in [1.29, 1.82) is 0 Å². The van der Waals surface area contributed by atoms with Crippen LogP contribution in [0.25, 0.3) is 11.3 Å². The highest BCUT2D eigenvalue weighted by Gasteiger charge is 2.39. The summed E-state index contributed by atoms with van der Waals surface area (Å²) in [5.74, 6) is 0.590. The van der Waals surface area contributed by atoms with Crippen LogP contribution in [0, 0.1) is 0 Å². The summed E-state index contributed by atoms with van der Waals surface area (Å²) in [7, 11) is 3.21. The van der Waals surface area contributed by atoms with Crippen LogP contribution in [-0.4, -0.2) is 71.7 Å². The fourth-order valence-corrected chi connectivity index (χ4v) is 3.45. The lowest BCUT2D eigenvalue weighted by atomic mass is 10.1. The Morgan fingerprint density at radius 2 is 2.12 bits per heavy atom. The molecular formula is C21H24N8O5. The highest BCUT2D eigenvalue weighted by atomic mass is 16.5. The van der Waals surface area contributed by atoms with Gasteiger partial charge in [0.25, 0.3) is 5.91 Å². The predicted molar refractivity (Wildman–Crippen MR) is 122 cm³/mol. The zero-order chi connectivity index (χ0) is 24.1. The van der Waals surface area contributed by atoms with Gasteiger partial charge in [-0.25, -0.2) is 9.78 Å². The first-order chi connectivity index (χ1) is 16.5. The predicted octanol–water partition coefficient (Wildman–Crippen LogP) is 1.19. The molecule has 1 aromatic carbocycles. The van der Waals surface area contributed by atoms with E-state index in [4.69, 9.17) is 13.9 Å². The summed E-state index contributed by atoms with van der Waals surface area (Å²) in [5.41, 5.74) is 1.37. The molecule has 1 aliphatic heterocycles. The van der Waals surface area contributed by atoms with Gasteiger partial charge in [-0.2, -0.15) is 15.0 Å². The summed E-state index contributed by atoms with van der Waals surface area (Å²) in [6.07, 6.45) is 2.94. The maximum absolute atomic E-state index is 12.5. The van der Waals surface area contributed by atoms with E-state index in [-0.39, 0.29) is 24.5 Å². The highest BCUT2D eigenvalue weighted by molar-refractivity contribution is 6.05. The Bertz CT molecular complexity index is 1170. The van der Waals surface area contributed by atoms with E-state index in [9.17, 15) is 9.59 Å². The lowest BCUT2D eigenvalue weighted by molar-refractivity contribution is -0.148. The first kappa shape index (κ1) is 22.8. The van der Waals surface area contributed by atoms with Crippen molar-refractivity contribution >= 4 is 35.4 Å². The molecule has 13 heteroatoms. The second kappa shape index (κ2) is 10.0. The van der Waals surface area contributed by atoms with Crippen molar-refractivity contribution in [3.05, 3.63) is 30.8 Å². The number of rotatable bonds is 8. The molecule has 13 nitrogen and oxygen atoms in total. The summed E-state index contributed by atoms with van der Waals surface area (Å²) in [6.45, 7) is 2.48.